The Balaban J connectivity index is 0.00000132. The molecule has 0 saturated carbocycles. The topological polar surface area (TPSA) is 45.2 Å². The molecule has 1 saturated heterocycles. The van der Waals surface area contributed by atoms with Crippen LogP contribution in [0.25, 0.3) is 10.6 Å². The lowest BCUT2D eigenvalue weighted by Crippen LogP contribution is -2.52. The highest BCUT2D eigenvalue weighted by atomic mass is 35.5. The monoisotopic (exact) mass is 373 g/mol. The highest BCUT2D eigenvalue weighted by Gasteiger charge is 2.23. The standard InChI is InChI=1S/C16H19N3OS.2ClH/c1-12-10-17-7-8-19(12)15(20)9-14-11-21-16(18-14)13-5-3-2-4-6-13;;/h2-6,11-12,17H,7-10H2,1H3;2*1H/t12-;;/m0../s1. The third-order valence-electron chi connectivity index (χ3n) is 3.73. The molecule has 126 valence electrons. The van der Waals surface area contributed by atoms with E-state index >= 15 is 0 Å². The quantitative estimate of drug-likeness (QED) is 0.898. The van der Waals surface area contributed by atoms with E-state index in [1.54, 1.807) is 11.3 Å². The molecule has 4 nitrogen and oxygen atoms in total. The van der Waals surface area contributed by atoms with Crippen molar-refractivity contribution in [2.45, 2.75) is 19.4 Å². The van der Waals surface area contributed by atoms with Crippen molar-refractivity contribution in [3.05, 3.63) is 41.4 Å². The molecule has 1 aromatic heterocycles. The first-order chi connectivity index (χ1) is 10.2. The second kappa shape index (κ2) is 9.23. The first-order valence-corrected chi connectivity index (χ1v) is 8.12. The molecule has 1 aliphatic heterocycles. The first kappa shape index (κ1) is 19.9. The van der Waals surface area contributed by atoms with Gasteiger partial charge in [0.15, 0.2) is 0 Å². The van der Waals surface area contributed by atoms with Gasteiger partial charge >= 0.3 is 0 Å². The maximum atomic E-state index is 12.4. The number of benzene rings is 1. The molecule has 1 fully saturated rings. The Morgan fingerprint density at radius 2 is 2.09 bits per heavy atom. The Labute approximate surface area is 153 Å². The van der Waals surface area contributed by atoms with E-state index in [-0.39, 0.29) is 36.8 Å². The van der Waals surface area contributed by atoms with Gasteiger partial charge in [0.25, 0.3) is 0 Å². The van der Waals surface area contributed by atoms with Crippen LogP contribution in [-0.4, -0.2) is 41.5 Å². The summed E-state index contributed by atoms with van der Waals surface area (Å²) in [5, 5.41) is 6.27. The van der Waals surface area contributed by atoms with E-state index in [0.717, 1.165) is 35.9 Å². The summed E-state index contributed by atoms with van der Waals surface area (Å²) in [7, 11) is 0. The summed E-state index contributed by atoms with van der Waals surface area (Å²) < 4.78 is 0. The number of carbonyl (C=O) groups is 1. The predicted molar refractivity (Wildman–Crippen MR) is 99.8 cm³/mol. The smallest absolute Gasteiger partial charge is 0.228 e. The lowest BCUT2D eigenvalue weighted by Gasteiger charge is -2.33. The number of aromatic nitrogens is 1. The lowest BCUT2D eigenvalue weighted by atomic mass is 10.2. The third kappa shape index (κ3) is 4.91. The summed E-state index contributed by atoms with van der Waals surface area (Å²) in [5.74, 6) is 0.175. The van der Waals surface area contributed by atoms with Crippen molar-refractivity contribution in [1.29, 1.82) is 0 Å². The highest BCUT2D eigenvalue weighted by Crippen LogP contribution is 2.23. The number of hydrogen-bond acceptors (Lipinski definition) is 4. The maximum Gasteiger partial charge on any atom is 0.228 e. The summed E-state index contributed by atoms with van der Waals surface area (Å²) >= 11 is 1.60. The van der Waals surface area contributed by atoms with E-state index < -0.39 is 0 Å². The molecular weight excluding hydrogens is 353 g/mol. The van der Waals surface area contributed by atoms with Crippen LogP contribution in [0.3, 0.4) is 0 Å². The number of nitrogens with zero attached hydrogens (tertiary/aromatic N) is 2. The van der Waals surface area contributed by atoms with Crippen LogP contribution in [0.1, 0.15) is 12.6 Å². The summed E-state index contributed by atoms with van der Waals surface area (Å²) in [4.78, 5) is 18.9. The Bertz CT molecular complexity index is 621. The van der Waals surface area contributed by atoms with Gasteiger partial charge in [-0.3, -0.25) is 4.79 Å². The minimum absolute atomic E-state index is 0. The highest BCUT2D eigenvalue weighted by molar-refractivity contribution is 7.13. The van der Waals surface area contributed by atoms with E-state index in [2.05, 4.69) is 17.2 Å². The van der Waals surface area contributed by atoms with Gasteiger partial charge < -0.3 is 10.2 Å². The van der Waals surface area contributed by atoms with E-state index in [1.165, 1.54) is 0 Å². The first-order valence-electron chi connectivity index (χ1n) is 7.24. The van der Waals surface area contributed by atoms with Crippen LogP contribution in [-0.2, 0) is 11.2 Å². The van der Waals surface area contributed by atoms with Crippen molar-refractivity contribution >= 4 is 42.1 Å². The number of amides is 1. The number of halogens is 2. The third-order valence-corrected chi connectivity index (χ3v) is 4.67. The van der Waals surface area contributed by atoms with Crippen molar-refractivity contribution in [3.63, 3.8) is 0 Å². The summed E-state index contributed by atoms with van der Waals surface area (Å²) in [6.07, 6.45) is 0.397. The Kier molecular flexibility index (Phi) is 7.99. The normalized spacial score (nSPS) is 17.1. The van der Waals surface area contributed by atoms with Crippen LogP contribution in [0.15, 0.2) is 35.7 Å². The molecule has 3 rings (SSSR count). The molecule has 1 aliphatic rings. The van der Waals surface area contributed by atoms with Crippen molar-refractivity contribution in [1.82, 2.24) is 15.2 Å². The molecule has 23 heavy (non-hydrogen) atoms. The van der Waals surface area contributed by atoms with Crippen LogP contribution in [0.2, 0.25) is 0 Å². The number of piperazine rings is 1. The minimum atomic E-state index is 0. The van der Waals surface area contributed by atoms with E-state index in [0.29, 0.717) is 6.42 Å². The average molecular weight is 374 g/mol. The van der Waals surface area contributed by atoms with Gasteiger partial charge in [0, 0.05) is 36.6 Å². The zero-order valence-electron chi connectivity index (χ0n) is 12.9. The Hall–Kier alpha value is -1.14. The number of hydrogen-bond donors (Lipinski definition) is 1. The van der Waals surface area contributed by atoms with E-state index in [9.17, 15) is 4.79 Å². The molecule has 2 heterocycles. The fourth-order valence-electron chi connectivity index (χ4n) is 2.57. The van der Waals surface area contributed by atoms with Crippen molar-refractivity contribution in [2.75, 3.05) is 19.6 Å². The minimum Gasteiger partial charge on any atom is -0.337 e. The van der Waals surface area contributed by atoms with Gasteiger partial charge in [-0.2, -0.15) is 0 Å². The van der Waals surface area contributed by atoms with Gasteiger partial charge in [-0.25, -0.2) is 4.98 Å². The van der Waals surface area contributed by atoms with Gasteiger partial charge in [-0.15, -0.1) is 36.2 Å². The van der Waals surface area contributed by atoms with Crippen molar-refractivity contribution in [3.8, 4) is 10.6 Å². The largest absolute Gasteiger partial charge is 0.337 e. The Morgan fingerprint density at radius 3 is 2.78 bits per heavy atom. The number of rotatable bonds is 3. The van der Waals surface area contributed by atoms with Gasteiger partial charge in [0.1, 0.15) is 5.01 Å². The lowest BCUT2D eigenvalue weighted by molar-refractivity contribution is -0.133. The molecule has 1 atom stereocenters. The number of nitrogens with one attached hydrogen (secondary N) is 1. The molecule has 0 spiro atoms. The van der Waals surface area contributed by atoms with Gasteiger partial charge in [-0.05, 0) is 6.92 Å². The fourth-order valence-corrected chi connectivity index (χ4v) is 3.40. The molecule has 0 radical (unpaired) electrons. The van der Waals surface area contributed by atoms with E-state index in [4.69, 9.17) is 0 Å². The number of carbonyl (C=O) groups excluding carboxylic acids is 1. The fraction of sp³-hybridized carbons (Fsp3) is 0.375. The molecular formula is C16H21Cl2N3OS. The molecule has 1 aromatic carbocycles. The van der Waals surface area contributed by atoms with Gasteiger partial charge in [0.2, 0.25) is 5.91 Å². The molecule has 0 unspecified atom stereocenters. The van der Waals surface area contributed by atoms with Crippen molar-refractivity contribution < 1.29 is 4.79 Å². The average Bonchev–Trinajstić information content (AvgIpc) is 2.97. The molecule has 1 amide bonds. The van der Waals surface area contributed by atoms with Crippen LogP contribution >= 0.6 is 36.2 Å². The van der Waals surface area contributed by atoms with Crippen molar-refractivity contribution in [2.24, 2.45) is 0 Å². The van der Waals surface area contributed by atoms with Crippen LogP contribution in [0.5, 0.6) is 0 Å². The molecule has 0 bridgehead atoms. The van der Waals surface area contributed by atoms with Crippen LogP contribution in [0, 0.1) is 0 Å². The van der Waals surface area contributed by atoms with Gasteiger partial charge in [0.05, 0.1) is 12.1 Å². The zero-order chi connectivity index (χ0) is 14.7. The Morgan fingerprint density at radius 1 is 1.35 bits per heavy atom. The number of thiazole rings is 1. The maximum absolute atomic E-state index is 12.4. The van der Waals surface area contributed by atoms with E-state index in [1.807, 2.05) is 40.6 Å². The van der Waals surface area contributed by atoms with Crippen LogP contribution < -0.4 is 5.32 Å². The second-order valence-corrected chi connectivity index (χ2v) is 6.19. The molecule has 2 aromatic rings. The summed E-state index contributed by atoms with van der Waals surface area (Å²) in [6, 6.07) is 10.4. The molecule has 0 aliphatic carbocycles. The zero-order valence-corrected chi connectivity index (χ0v) is 15.3. The molecule has 1 N–H and O–H groups in total. The summed E-state index contributed by atoms with van der Waals surface area (Å²) in [5.41, 5.74) is 1.98. The molecule has 7 heteroatoms. The van der Waals surface area contributed by atoms with Crippen LogP contribution in [0.4, 0.5) is 0 Å². The second-order valence-electron chi connectivity index (χ2n) is 5.33. The SMILES string of the molecule is C[C@H]1CNCCN1C(=O)Cc1csc(-c2ccccc2)n1.Cl.Cl. The predicted octanol–water partition coefficient (Wildman–Crippen LogP) is 3.02. The summed E-state index contributed by atoms with van der Waals surface area (Å²) in [6.45, 7) is 4.62. The van der Waals surface area contributed by atoms with Gasteiger partial charge in [-0.1, -0.05) is 30.3 Å².